The Kier molecular flexibility index (Phi) is 1.93. The number of rotatable bonds is 2. The summed E-state index contributed by atoms with van der Waals surface area (Å²) in [6, 6.07) is 6.72. The third-order valence-electron chi connectivity index (χ3n) is 2.07. The Morgan fingerprint density at radius 2 is 1.73 bits per heavy atom. The zero-order chi connectivity index (χ0) is 11.0. The summed E-state index contributed by atoms with van der Waals surface area (Å²) in [7, 11) is 0. The normalized spacial score (nSPS) is 10.4. The van der Waals surface area contributed by atoms with Crippen LogP contribution in [0.25, 0.3) is 11.0 Å². The standard InChI is InChI=1S/C10H8N2O3/c11-9(13)7-5-3-1-2-4-6(5)15-8(7)10(12)14/h1-4H,(H2,11,13)(H2,12,14). The number of hydrogen-bond donors (Lipinski definition) is 2. The van der Waals surface area contributed by atoms with Crippen LogP contribution in [0.3, 0.4) is 0 Å². The molecule has 4 N–H and O–H groups in total. The molecule has 0 spiro atoms. The van der Waals surface area contributed by atoms with Crippen LogP contribution in [0.15, 0.2) is 28.7 Å². The Balaban J connectivity index is 2.86. The summed E-state index contributed by atoms with van der Waals surface area (Å²) in [5.41, 5.74) is 10.7. The van der Waals surface area contributed by atoms with Gasteiger partial charge >= 0.3 is 0 Å². The summed E-state index contributed by atoms with van der Waals surface area (Å²) in [6.07, 6.45) is 0. The van der Waals surface area contributed by atoms with Gasteiger partial charge in [0.1, 0.15) is 5.58 Å². The van der Waals surface area contributed by atoms with Gasteiger partial charge in [0.25, 0.3) is 11.8 Å². The summed E-state index contributed by atoms with van der Waals surface area (Å²) < 4.78 is 5.15. The lowest BCUT2D eigenvalue weighted by Crippen LogP contribution is -2.18. The van der Waals surface area contributed by atoms with E-state index in [0.29, 0.717) is 11.0 Å². The first-order valence-electron chi connectivity index (χ1n) is 4.22. The highest BCUT2D eigenvalue weighted by atomic mass is 16.3. The van der Waals surface area contributed by atoms with Gasteiger partial charge in [-0.3, -0.25) is 9.59 Å². The highest BCUT2D eigenvalue weighted by Crippen LogP contribution is 2.24. The van der Waals surface area contributed by atoms with Crippen LogP contribution in [0, 0.1) is 0 Å². The molecule has 0 aliphatic heterocycles. The molecule has 15 heavy (non-hydrogen) atoms. The van der Waals surface area contributed by atoms with E-state index in [0.717, 1.165) is 0 Å². The maximum Gasteiger partial charge on any atom is 0.285 e. The second-order valence-corrected chi connectivity index (χ2v) is 3.03. The van der Waals surface area contributed by atoms with Gasteiger partial charge in [-0.15, -0.1) is 0 Å². The highest BCUT2D eigenvalue weighted by molar-refractivity contribution is 6.13. The number of nitrogens with two attached hydrogens (primary N) is 2. The van der Waals surface area contributed by atoms with Crippen LogP contribution < -0.4 is 11.5 Å². The summed E-state index contributed by atoms with van der Waals surface area (Å²) in [5.74, 6) is -1.72. The maximum absolute atomic E-state index is 11.2. The molecule has 0 saturated carbocycles. The predicted octanol–water partition coefficient (Wildman–Crippen LogP) is 0.631. The number of carbonyl (C=O) groups is 2. The fourth-order valence-electron chi connectivity index (χ4n) is 1.46. The number of carbonyl (C=O) groups excluding carboxylic acids is 2. The maximum atomic E-state index is 11.2. The molecule has 0 saturated heterocycles. The van der Waals surface area contributed by atoms with Crippen molar-refractivity contribution in [3.05, 3.63) is 35.6 Å². The Labute approximate surface area is 84.6 Å². The van der Waals surface area contributed by atoms with E-state index in [1.54, 1.807) is 24.3 Å². The lowest BCUT2D eigenvalue weighted by molar-refractivity contribution is 0.0949. The van der Waals surface area contributed by atoms with Crippen LogP contribution in [0.1, 0.15) is 20.9 Å². The van der Waals surface area contributed by atoms with Gasteiger partial charge in [-0.25, -0.2) is 0 Å². The molecule has 0 radical (unpaired) electrons. The van der Waals surface area contributed by atoms with E-state index in [4.69, 9.17) is 15.9 Å². The SMILES string of the molecule is NC(=O)c1oc2ccccc2c1C(N)=O. The van der Waals surface area contributed by atoms with E-state index in [1.807, 2.05) is 0 Å². The van der Waals surface area contributed by atoms with Gasteiger partial charge in [0.05, 0.1) is 5.56 Å². The van der Waals surface area contributed by atoms with Gasteiger partial charge in [0, 0.05) is 5.39 Å². The zero-order valence-corrected chi connectivity index (χ0v) is 7.69. The Morgan fingerprint density at radius 3 is 2.33 bits per heavy atom. The second-order valence-electron chi connectivity index (χ2n) is 3.03. The topological polar surface area (TPSA) is 99.3 Å². The fraction of sp³-hybridized carbons (Fsp3) is 0. The van der Waals surface area contributed by atoms with Crippen molar-refractivity contribution in [1.29, 1.82) is 0 Å². The number of para-hydroxylation sites is 1. The Hall–Kier alpha value is -2.30. The molecule has 5 heteroatoms. The van der Waals surface area contributed by atoms with E-state index in [9.17, 15) is 9.59 Å². The minimum absolute atomic E-state index is 0.0399. The van der Waals surface area contributed by atoms with Gasteiger partial charge in [0.2, 0.25) is 5.76 Å². The average molecular weight is 204 g/mol. The van der Waals surface area contributed by atoms with Crippen molar-refractivity contribution in [3.63, 3.8) is 0 Å². The summed E-state index contributed by atoms with van der Waals surface area (Å²) >= 11 is 0. The van der Waals surface area contributed by atoms with Gasteiger partial charge in [-0.2, -0.15) is 0 Å². The molecule has 0 aliphatic rings. The van der Waals surface area contributed by atoms with Crippen molar-refractivity contribution in [2.24, 2.45) is 11.5 Å². The molecule has 2 aromatic rings. The molecule has 1 aromatic carbocycles. The molecule has 1 heterocycles. The Morgan fingerprint density at radius 1 is 1.07 bits per heavy atom. The van der Waals surface area contributed by atoms with Crippen LogP contribution >= 0.6 is 0 Å². The zero-order valence-electron chi connectivity index (χ0n) is 7.69. The van der Waals surface area contributed by atoms with Crippen LogP contribution in [0.4, 0.5) is 0 Å². The molecule has 0 bridgehead atoms. The molecular weight excluding hydrogens is 196 g/mol. The van der Waals surface area contributed by atoms with Crippen LogP contribution in [0.5, 0.6) is 0 Å². The fourth-order valence-corrected chi connectivity index (χ4v) is 1.46. The van der Waals surface area contributed by atoms with Gasteiger partial charge in [-0.05, 0) is 6.07 Å². The molecule has 0 unspecified atom stereocenters. The minimum Gasteiger partial charge on any atom is -0.450 e. The van der Waals surface area contributed by atoms with E-state index in [2.05, 4.69) is 0 Å². The first kappa shape index (κ1) is 9.26. The number of primary amides is 2. The van der Waals surface area contributed by atoms with E-state index in [1.165, 1.54) is 0 Å². The smallest absolute Gasteiger partial charge is 0.285 e. The second kappa shape index (κ2) is 3.13. The molecule has 1 aromatic heterocycles. The third kappa shape index (κ3) is 1.34. The van der Waals surface area contributed by atoms with E-state index in [-0.39, 0.29) is 11.3 Å². The van der Waals surface area contributed by atoms with Crippen molar-refractivity contribution in [3.8, 4) is 0 Å². The van der Waals surface area contributed by atoms with Gasteiger partial charge in [-0.1, -0.05) is 18.2 Å². The quantitative estimate of drug-likeness (QED) is 0.750. The van der Waals surface area contributed by atoms with Crippen molar-refractivity contribution < 1.29 is 14.0 Å². The van der Waals surface area contributed by atoms with Gasteiger partial charge in [0.15, 0.2) is 0 Å². The first-order chi connectivity index (χ1) is 7.11. The molecule has 76 valence electrons. The largest absolute Gasteiger partial charge is 0.450 e. The molecular formula is C10H8N2O3. The molecule has 2 rings (SSSR count). The summed E-state index contributed by atoms with van der Waals surface area (Å²) in [5, 5.41) is 0.499. The molecule has 2 amide bonds. The van der Waals surface area contributed by atoms with Gasteiger partial charge < -0.3 is 15.9 Å². The monoisotopic (exact) mass is 204 g/mol. The lowest BCUT2D eigenvalue weighted by atomic mass is 10.1. The van der Waals surface area contributed by atoms with E-state index >= 15 is 0 Å². The molecule has 0 aliphatic carbocycles. The third-order valence-corrected chi connectivity index (χ3v) is 2.07. The van der Waals surface area contributed by atoms with E-state index < -0.39 is 11.8 Å². The van der Waals surface area contributed by atoms with Crippen molar-refractivity contribution in [2.75, 3.05) is 0 Å². The average Bonchev–Trinajstić information content (AvgIpc) is 2.56. The number of furan rings is 1. The highest BCUT2D eigenvalue weighted by Gasteiger charge is 2.21. The summed E-state index contributed by atoms with van der Waals surface area (Å²) in [4.78, 5) is 22.2. The van der Waals surface area contributed by atoms with Crippen molar-refractivity contribution in [1.82, 2.24) is 0 Å². The lowest BCUT2D eigenvalue weighted by Gasteiger charge is -1.92. The Bertz CT molecular complexity index is 557. The molecule has 5 nitrogen and oxygen atoms in total. The predicted molar refractivity (Wildman–Crippen MR) is 53.2 cm³/mol. The first-order valence-corrected chi connectivity index (χ1v) is 4.22. The number of amides is 2. The van der Waals surface area contributed by atoms with Crippen LogP contribution in [-0.2, 0) is 0 Å². The number of benzene rings is 1. The minimum atomic E-state index is -0.806. The van der Waals surface area contributed by atoms with Crippen LogP contribution in [-0.4, -0.2) is 11.8 Å². The summed E-state index contributed by atoms with van der Waals surface area (Å²) in [6.45, 7) is 0. The molecule has 0 fully saturated rings. The van der Waals surface area contributed by atoms with Crippen molar-refractivity contribution in [2.45, 2.75) is 0 Å². The molecule has 0 atom stereocenters. The number of hydrogen-bond acceptors (Lipinski definition) is 3. The van der Waals surface area contributed by atoms with Crippen molar-refractivity contribution >= 4 is 22.8 Å². The number of fused-ring (bicyclic) bond motifs is 1. The van der Waals surface area contributed by atoms with Crippen LogP contribution in [0.2, 0.25) is 0 Å².